The normalized spacial score (nSPS) is 17.8. The molecule has 1 fully saturated rings. The third-order valence-electron chi connectivity index (χ3n) is 6.38. The van der Waals surface area contributed by atoms with Gasteiger partial charge < -0.3 is 23.1 Å². The Balaban J connectivity index is 1.79. The second-order valence-corrected chi connectivity index (χ2v) is 10.7. The molecule has 1 aliphatic heterocycles. The zero-order valence-corrected chi connectivity index (χ0v) is 22.3. The number of esters is 1. The fourth-order valence-corrected chi connectivity index (χ4v) is 4.87. The van der Waals surface area contributed by atoms with Gasteiger partial charge >= 0.3 is 21.6 Å². The van der Waals surface area contributed by atoms with E-state index in [2.05, 4.69) is 4.18 Å². The predicted molar refractivity (Wildman–Crippen MR) is 135 cm³/mol. The summed E-state index contributed by atoms with van der Waals surface area (Å²) < 4.78 is 91.4. The summed E-state index contributed by atoms with van der Waals surface area (Å²) in [5, 5.41) is 0. The number of ether oxygens (including phenoxy) is 4. The fourth-order valence-electron chi connectivity index (χ4n) is 4.37. The van der Waals surface area contributed by atoms with Gasteiger partial charge in [-0.05, 0) is 68.0 Å². The Morgan fingerprint density at radius 2 is 1.72 bits per heavy atom. The smallest absolute Gasteiger partial charge is 0.494 e. The quantitative estimate of drug-likeness (QED) is 0.147. The molecule has 1 atom stereocenters. The minimum absolute atomic E-state index is 0.00542. The van der Waals surface area contributed by atoms with Crippen LogP contribution in [-0.2, 0) is 23.8 Å². The van der Waals surface area contributed by atoms with Crippen LogP contribution in [0.2, 0.25) is 0 Å². The van der Waals surface area contributed by atoms with Gasteiger partial charge in [-0.1, -0.05) is 25.5 Å². The third kappa shape index (κ3) is 6.43. The van der Waals surface area contributed by atoms with Crippen LogP contribution >= 0.6 is 0 Å². The number of benzene rings is 2. The van der Waals surface area contributed by atoms with E-state index < -0.39 is 39.0 Å². The number of rotatable bonds is 10. The summed E-state index contributed by atoms with van der Waals surface area (Å²) in [6.45, 7) is 2.27. The Morgan fingerprint density at radius 3 is 2.33 bits per heavy atom. The first-order valence-electron chi connectivity index (χ1n) is 12.6. The lowest BCUT2D eigenvalue weighted by Crippen LogP contribution is -2.29. The van der Waals surface area contributed by atoms with Gasteiger partial charge in [-0.15, -0.1) is 0 Å². The zero-order chi connectivity index (χ0) is 28.2. The molecule has 1 unspecified atom stereocenters. The molecule has 12 heteroatoms. The van der Waals surface area contributed by atoms with Crippen molar-refractivity contribution in [1.29, 1.82) is 0 Å². The maximum Gasteiger partial charge on any atom is 0.534 e. The van der Waals surface area contributed by atoms with Crippen LogP contribution in [0.1, 0.15) is 62.7 Å². The molecule has 0 N–H and O–H groups in total. The van der Waals surface area contributed by atoms with E-state index in [0.717, 1.165) is 39.2 Å². The fraction of sp³-hybridized carbons (Fsp3) is 0.444. The molecule has 2 aliphatic rings. The number of carbonyl (C=O) groups is 1. The minimum Gasteiger partial charge on any atom is -0.494 e. The van der Waals surface area contributed by atoms with Crippen LogP contribution in [0.15, 0.2) is 48.0 Å². The number of hydrogen-bond donors (Lipinski definition) is 0. The molecule has 2 aromatic carbocycles. The average Bonchev–Trinajstić information content (AvgIpc) is 3.41. The maximum absolute atomic E-state index is 13.4. The van der Waals surface area contributed by atoms with Gasteiger partial charge in [-0.2, -0.15) is 21.6 Å². The molecule has 8 nitrogen and oxygen atoms in total. The molecule has 212 valence electrons. The van der Waals surface area contributed by atoms with Crippen LogP contribution < -0.4 is 14.2 Å². The van der Waals surface area contributed by atoms with Crippen molar-refractivity contribution >= 4 is 21.8 Å². The van der Waals surface area contributed by atoms with Crippen LogP contribution in [-0.4, -0.2) is 39.7 Å². The highest BCUT2D eigenvalue weighted by molar-refractivity contribution is 7.87. The Bertz CT molecular complexity index is 1310. The second-order valence-electron chi connectivity index (χ2n) is 9.17. The van der Waals surface area contributed by atoms with Crippen molar-refractivity contribution in [2.45, 2.75) is 63.2 Å². The summed E-state index contributed by atoms with van der Waals surface area (Å²) in [6, 6.07) is 10.7. The lowest BCUT2D eigenvalue weighted by molar-refractivity contribution is -0.137. The van der Waals surface area contributed by atoms with Gasteiger partial charge in [-0.3, -0.25) is 0 Å². The van der Waals surface area contributed by atoms with E-state index in [1.54, 1.807) is 24.3 Å². The standard InChI is InChI=1S/C27H29F3O8S/c1-3-4-15-35-20-13-14-22-21(16-20)25(38-39(32,33)27(28,29)30)23(26(31)34-2)24(37-22)17-9-11-19(12-10-17)36-18-7-5-6-8-18/h9-14,16,18,24H,3-8,15H2,1-2H3. The van der Waals surface area contributed by atoms with Crippen LogP contribution in [0.3, 0.4) is 0 Å². The molecule has 39 heavy (non-hydrogen) atoms. The third-order valence-corrected chi connectivity index (χ3v) is 7.34. The first-order valence-corrected chi connectivity index (χ1v) is 14.0. The molecule has 0 aromatic heterocycles. The predicted octanol–water partition coefficient (Wildman–Crippen LogP) is 6.07. The van der Waals surface area contributed by atoms with Gasteiger partial charge in [0.15, 0.2) is 11.9 Å². The van der Waals surface area contributed by atoms with Crippen LogP contribution in [0, 0.1) is 0 Å². The number of hydrogen-bond acceptors (Lipinski definition) is 8. The van der Waals surface area contributed by atoms with Crippen molar-refractivity contribution in [3.05, 3.63) is 59.2 Å². The van der Waals surface area contributed by atoms with Crippen LogP contribution in [0.25, 0.3) is 5.76 Å². The summed E-state index contributed by atoms with van der Waals surface area (Å²) in [7, 11) is -5.14. The number of methoxy groups -OCH3 is 1. The Morgan fingerprint density at radius 1 is 1.05 bits per heavy atom. The highest BCUT2D eigenvalue weighted by Crippen LogP contribution is 2.46. The van der Waals surface area contributed by atoms with Gasteiger partial charge in [0, 0.05) is 0 Å². The Labute approximate surface area is 224 Å². The lowest BCUT2D eigenvalue weighted by Gasteiger charge is -2.30. The van der Waals surface area contributed by atoms with Crippen molar-refractivity contribution in [3.8, 4) is 17.2 Å². The SMILES string of the molecule is CCCCOc1ccc2c(c1)C(OS(=O)(=O)C(F)(F)F)=C(C(=O)OC)C(c1ccc(OC3CCCC3)cc1)O2. The number of alkyl halides is 3. The first kappa shape index (κ1) is 28.6. The van der Waals surface area contributed by atoms with E-state index in [4.69, 9.17) is 18.9 Å². The average molecular weight is 571 g/mol. The van der Waals surface area contributed by atoms with Gasteiger partial charge in [0.25, 0.3) is 0 Å². The second kappa shape index (κ2) is 11.8. The molecule has 0 spiro atoms. The number of fused-ring (bicyclic) bond motifs is 1. The largest absolute Gasteiger partial charge is 0.534 e. The van der Waals surface area contributed by atoms with E-state index in [0.29, 0.717) is 24.3 Å². The summed E-state index contributed by atoms with van der Waals surface area (Å²) in [5.41, 5.74) is -6.15. The molecule has 1 heterocycles. The van der Waals surface area contributed by atoms with Crippen molar-refractivity contribution < 1.29 is 49.5 Å². The molecular formula is C27H29F3O8S. The molecule has 0 saturated heterocycles. The van der Waals surface area contributed by atoms with E-state index in [-0.39, 0.29) is 23.2 Å². The van der Waals surface area contributed by atoms with Gasteiger partial charge in [0.05, 0.1) is 25.4 Å². The van der Waals surface area contributed by atoms with Crippen molar-refractivity contribution in [1.82, 2.24) is 0 Å². The maximum atomic E-state index is 13.4. The number of carbonyl (C=O) groups excluding carboxylic acids is 1. The lowest BCUT2D eigenvalue weighted by atomic mass is 9.94. The van der Waals surface area contributed by atoms with Crippen molar-refractivity contribution in [3.63, 3.8) is 0 Å². The summed E-state index contributed by atoms with van der Waals surface area (Å²) >= 11 is 0. The van der Waals surface area contributed by atoms with Gasteiger partial charge in [0.2, 0.25) is 0 Å². The van der Waals surface area contributed by atoms with E-state index >= 15 is 0 Å². The first-order chi connectivity index (χ1) is 18.5. The van der Waals surface area contributed by atoms with Crippen molar-refractivity contribution in [2.24, 2.45) is 0 Å². The summed E-state index contributed by atoms with van der Waals surface area (Å²) in [6.07, 6.45) is 4.36. The van der Waals surface area contributed by atoms with Gasteiger partial charge in [-0.25, -0.2) is 4.79 Å². The van der Waals surface area contributed by atoms with E-state index in [9.17, 15) is 26.4 Å². The van der Waals surface area contributed by atoms with Gasteiger partial charge in [0.1, 0.15) is 22.8 Å². The Kier molecular flexibility index (Phi) is 8.63. The molecule has 0 radical (unpaired) electrons. The Hall–Kier alpha value is -3.41. The molecular weight excluding hydrogens is 541 g/mol. The summed E-state index contributed by atoms with van der Waals surface area (Å²) in [5.74, 6) is -1.17. The molecule has 2 aromatic rings. The summed E-state index contributed by atoms with van der Waals surface area (Å²) in [4.78, 5) is 12.9. The molecule has 4 rings (SSSR count). The molecule has 0 bridgehead atoms. The number of halogens is 3. The van der Waals surface area contributed by atoms with E-state index in [1.165, 1.54) is 18.2 Å². The number of unbranched alkanes of at least 4 members (excludes halogenated alkanes) is 1. The van der Waals surface area contributed by atoms with Crippen LogP contribution in [0.4, 0.5) is 13.2 Å². The van der Waals surface area contributed by atoms with Crippen molar-refractivity contribution in [2.75, 3.05) is 13.7 Å². The topological polar surface area (TPSA) is 97.4 Å². The molecule has 1 saturated carbocycles. The molecule has 1 aliphatic carbocycles. The monoisotopic (exact) mass is 570 g/mol. The van der Waals surface area contributed by atoms with Crippen LogP contribution in [0.5, 0.6) is 17.2 Å². The highest BCUT2D eigenvalue weighted by atomic mass is 32.2. The molecule has 0 amide bonds. The van der Waals surface area contributed by atoms with E-state index in [1.807, 2.05) is 6.92 Å². The zero-order valence-electron chi connectivity index (χ0n) is 21.5. The highest BCUT2D eigenvalue weighted by Gasteiger charge is 2.51. The minimum atomic E-state index is -6.16.